The van der Waals surface area contributed by atoms with Crippen LogP contribution in [-0.2, 0) is 18.8 Å². The molecule has 45 heavy (non-hydrogen) atoms. The molecular formula is C34H34N8O3. The molecule has 0 spiro atoms. The Hall–Kier alpha value is -5.84. The Morgan fingerprint density at radius 3 is 1.76 bits per heavy atom. The Bertz CT molecular complexity index is 1710. The first-order valence-corrected chi connectivity index (χ1v) is 14.5. The number of aromatic nitrogens is 3. The highest BCUT2D eigenvalue weighted by Gasteiger charge is 2.34. The molecule has 11 heteroatoms. The summed E-state index contributed by atoms with van der Waals surface area (Å²) in [6, 6.07) is 30.8. The molecule has 0 saturated carbocycles. The first-order chi connectivity index (χ1) is 21.9. The van der Waals surface area contributed by atoms with E-state index in [1.54, 1.807) is 20.3 Å². The number of para-hydroxylation sites is 1. The van der Waals surface area contributed by atoms with Crippen LogP contribution in [0.4, 0.5) is 29.2 Å². The van der Waals surface area contributed by atoms with Gasteiger partial charge in [-0.3, -0.25) is 4.79 Å². The summed E-state index contributed by atoms with van der Waals surface area (Å²) >= 11 is 0. The van der Waals surface area contributed by atoms with Crippen LogP contribution in [0, 0.1) is 0 Å². The summed E-state index contributed by atoms with van der Waals surface area (Å²) in [7, 11) is 3.29. The van der Waals surface area contributed by atoms with Gasteiger partial charge in [0.05, 0.1) is 19.8 Å². The Labute approximate surface area is 261 Å². The summed E-state index contributed by atoms with van der Waals surface area (Å²) in [6.45, 7) is 2.97. The van der Waals surface area contributed by atoms with E-state index >= 15 is 0 Å². The third-order valence-electron chi connectivity index (χ3n) is 7.49. The lowest BCUT2D eigenvalue weighted by Gasteiger charge is -2.38. The second-order valence-electron chi connectivity index (χ2n) is 10.7. The molecule has 1 aliphatic rings. The summed E-state index contributed by atoms with van der Waals surface area (Å²) < 4.78 is 10.5. The molecule has 2 heterocycles. The number of rotatable bonds is 11. The van der Waals surface area contributed by atoms with E-state index in [-0.39, 0.29) is 5.91 Å². The average Bonchev–Trinajstić information content (AvgIpc) is 3.07. The Kier molecular flexibility index (Phi) is 8.32. The number of benzene rings is 4. The van der Waals surface area contributed by atoms with Crippen molar-refractivity contribution in [1.29, 1.82) is 0 Å². The highest BCUT2D eigenvalue weighted by atomic mass is 16.5. The molecule has 1 aliphatic heterocycles. The molecule has 5 N–H and O–H groups in total. The van der Waals surface area contributed by atoms with E-state index in [9.17, 15) is 4.79 Å². The lowest BCUT2D eigenvalue weighted by Crippen LogP contribution is -2.52. The van der Waals surface area contributed by atoms with Gasteiger partial charge < -0.3 is 36.1 Å². The summed E-state index contributed by atoms with van der Waals surface area (Å²) in [5, 5.41) is 16.4. The van der Waals surface area contributed by atoms with Crippen molar-refractivity contribution in [2.45, 2.75) is 25.7 Å². The zero-order valence-electron chi connectivity index (χ0n) is 25.2. The maximum absolute atomic E-state index is 12.8. The van der Waals surface area contributed by atoms with E-state index in [0.717, 1.165) is 39.6 Å². The smallest absolute Gasteiger partial charge is 0.255 e. The molecule has 5 aromatic rings. The lowest BCUT2D eigenvalue weighted by molar-refractivity contribution is 0.0906. The van der Waals surface area contributed by atoms with Gasteiger partial charge >= 0.3 is 0 Å². The fraction of sp³-hybridized carbons (Fsp3) is 0.176. The molecule has 1 amide bonds. The number of anilines is 5. The minimum absolute atomic E-state index is 0.122. The monoisotopic (exact) mass is 602 g/mol. The average molecular weight is 603 g/mol. The summed E-state index contributed by atoms with van der Waals surface area (Å²) in [5.74, 6) is 2.67. The number of fused-ring (bicyclic) bond motifs is 1. The van der Waals surface area contributed by atoms with E-state index in [1.165, 1.54) is 0 Å². The highest BCUT2D eigenvalue weighted by molar-refractivity contribution is 6.02. The predicted octanol–water partition coefficient (Wildman–Crippen LogP) is 5.88. The van der Waals surface area contributed by atoms with Crippen LogP contribution in [0.15, 0.2) is 97.1 Å². The zero-order chi connectivity index (χ0) is 31.2. The first kappa shape index (κ1) is 29.2. The van der Waals surface area contributed by atoms with Crippen LogP contribution in [-0.4, -0.2) is 35.1 Å². The molecule has 0 radical (unpaired) electrons. The molecule has 1 atom stereocenters. The molecule has 0 bridgehead atoms. The van der Waals surface area contributed by atoms with E-state index in [0.29, 0.717) is 36.5 Å². The first-order valence-electron chi connectivity index (χ1n) is 14.5. The standard InChI is InChI=1S/C34H34N8O3/c1-34(41-29-7-5-4-6-28(29)30(43)42-34)24-12-14-25(15-13-24)37-33-39-31(35-20-22-8-16-26(44-2)17-9-22)38-32(40-33)36-21-23-10-18-27(45-3)19-11-23/h4-19,41H,20-21H2,1-3H3,(H,42,43)(H3,35,36,37,38,39,40). The lowest BCUT2D eigenvalue weighted by atomic mass is 9.96. The third-order valence-corrected chi connectivity index (χ3v) is 7.49. The number of amides is 1. The molecule has 1 aromatic heterocycles. The van der Waals surface area contributed by atoms with Crippen molar-refractivity contribution in [1.82, 2.24) is 20.3 Å². The largest absolute Gasteiger partial charge is 0.497 e. The van der Waals surface area contributed by atoms with Gasteiger partial charge in [-0.15, -0.1) is 0 Å². The Morgan fingerprint density at radius 1 is 0.667 bits per heavy atom. The predicted molar refractivity (Wildman–Crippen MR) is 175 cm³/mol. The topological polar surface area (TPSA) is 134 Å². The number of nitrogens with zero attached hydrogens (tertiary/aromatic N) is 3. The van der Waals surface area contributed by atoms with Gasteiger partial charge in [0.1, 0.15) is 17.2 Å². The molecular weight excluding hydrogens is 568 g/mol. The minimum atomic E-state index is -0.770. The van der Waals surface area contributed by atoms with Gasteiger partial charge in [0.25, 0.3) is 5.91 Å². The number of ether oxygens (including phenoxy) is 2. The van der Waals surface area contributed by atoms with Crippen LogP contribution >= 0.6 is 0 Å². The van der Waals surface area contributed by atoms with Gasteiger partial charge in [0.2, 0.25) is 17.8 Å². The number of methoxy groups -OCH3 is 2. The van der Waals surface area contributed by atoms with Crippen molar-refractivity contribution in [3.8, 4) is 11.5 Å². The second-order valence-corrected chi connectivity index (χ2v) is 10.7. The summed E-state index contributed by atoms with van der Waals surface area (Å²) in [6.07, 6.45) is 0. The maximum atomic E-state index is 12.8. The van der Waals surface area contributed by atoms with Gasteiger partial charge in [-0.25, -0.2) is 0 Å². The number of nitrogens with one attached hydrogen (secondary N) is 5. The van der Waals surface area contributed by atoms with E-state index in [2.05, 4.69) is 41.5 Å². The molecule has 1 unspecified atom stereocenters. The third kappa shape index (κ3) is 6.88. The molecule has 11 nitrogen and oxygen atoms in total. The van der Waals surface area contributed by atoms with Crippen molar-refractivity contribution in [3.63, 3.8) is 0 Å². The van der Waals surface area contributed by atoms with Crippen LogP contribution in [0.5, 0.6) is 11.5 Å². The highest BCUT2D eigenvalue weighted by Crippen LogP contribution is 2.31. The second kappa shape index (κ2) is 12.8. The van der Waals surface area contributed by atoms with Crippen LogP contribution in [0.25, 0.3) is 0 Å². The van der Waals surface area contributed by atoms with E-state index in [1.807, 2.05) is 97.9 Å². The number of carbonyl (C=O) groups excluding carboxylic acids is 1. The zero-order valence-corrected chi connectivity index (χ0v) is 25.2. The van der Waals surface area contributed by atoms with E-state index in [4.69, 9.17) is 9.47 Å². The fourth-order valence-electron chi connectivity index (χ4n) is 4.98. The SMILES string of the molecule is COc1ccc(CNc2nc(NCc3ccc(OC)cc3)nc(Nc3ccc(C4(C)NC(=O)c5ccccc5N4)cc3)n2)cc1. The molecule has 0 saturated heterocycles. The van der Waals surface area contributed by atoms with Gasteiger partial charge in [-0.2, -0.15) is 15.0 Å². The molecule has 4 aromatic carbocycles. The summed E-state index contributed by atoms with van der Waals surface area (Å²) in [4.78, 5) is 26.6. The fourth-order valence-corrected chi connectivity index (χ4v) is 4.98. The van der Waals surface area contributed by atoms with Crippen LogP contribution in [0.1, 0.15) is 34.0 Å². The number of carbonyl (C=O) groups is 1. The van der Waals surface area contributed by atoms with Crippen LogP contribution in [0.2, 0.25) is 0 Å². The van der Waals surface area contributed by atoms with Crippen molar-refractivity contribution in [3.05, 3.63) is 119 Å². The number of hydrogen-bond donors (Lipinski definition) is 5. The van der Waals surface area contributed by atoms with Crippen LogP contribution in [0.3, 0.4) is 0 Å². The van der Waals surface area contributed by atoms with Crippen molar-refractivity contribution in [2.24, 2.45) is 0 Å². The van der Waals surface area contributed by atoms with Gasteiger partial charge in [0, 0.05) is 24.5 Å². The number of hydrogen-bond acceptors (Lipinski definition) is 10. The van der Waals surface area contributed by atoms with E-state index < -0.39 is 5.66 Å². The molecule has 0 fully saturated rings. The quantitative estimate of drug-likeness (QED) is 0.125. The Morgan fingerprint density at radius 2 is 1.20 bits per heavy atom. The van der Waals surface area contributed by atoms with Crippen molar-refractivity contribution < 1.29 is 14.3 Å². The van der Waals surface area contributed by atoms with Crippen molar-refractivity contribution in [2.75, 3.05) is 35.5 Å². The maximum Gasteiger partial charge on any atom is 0.255 e. The normalized spacial score (nSPS) is 15.2. The molecule has 6 rings (SSSR count). The molecule has 0 aliphatic carbocycles. The van der Waals surface area contributed by atoms with Gasteiger partial charge in [-0.05, 0) is 72.1 Å². The van der Waals surface area contributed by atoms with Gasteiger partial charge in [-0.1, -0.05) is 48.5 Å². The van der Waals surface area contributed by atoms with Crippen LogP contribution < -0.4 is 36.1 Å². The minimum Gasteiger partial charge on any atom is -0.497 e. The Balaban J connectivity index is 1.20. The van der Waals surface area contributed by atoms with Gasteiger partial charge in [0.15, 0.2) is 0 Å². The summed E-state index contributed by atoms with van der Waals surface area (Å²) in [5.41, 5.74) is 4.42. The molecule has 228 valence electrons. The van der Waals surface area contributed by atoms with Crippen molar-refractivity contribution >= 4 is 35.1 Å².